The zero-order valence-corrected chi connectivity index (χ0v) is 22.7. The van der Waals surface area contributed by atoms with Gasteiger partial charge in [-0.05, 0) is 24.0 Å². The molecule has 6 rings (SSSR count). The number of piperazine rings is 1. The quantitative estimate of drug-likeness (QED) is 0.572. The van der Waals surface area contributed by atoms with E-state index >= 15 is 0 Å². The van der Waals surface area contributed by atoms with Crippen LogP contribution in [0.4, 0.5) is 9.59 Å². The highest BCUT2D eigenvalue weighted by Gasteiger charge is 2.56. The second kappa shape index (κ2) is 9.95. The van der Waals surface area contributed by atoms with E-state index in [9.17, 15) is 22.8 Å². The molecular formula is C28H33N5O5S. The van der Waals surface area contributed by atoms with Gasteiger partial charge in [0.25, 0.3) is 5.91 Å². The van der Waals surface area contributed by atoms with Crippen molar-refractivity contribution in [3.05, 3.63) is 71.8 Å². The summed E-state index contributed by atoms with van der Waals surface area (Å²) < 4.78 is 26.0. The Morgan fingerprint density at radius 1 is 0.872 bits per heavy atom. The molecule has 4 aliphatic rings. The van der Waals surface area contributed by atoms with Crippen LogP contribution in [0.1, 0.15) is 35.8 Å². The number of carbonyl (C=O) groups excluding carboxylic acids is 3. The fraction of sp³-hybridized carbons (Fsp3) is 0.464. The van der Waals surface area contributed by atoms with E-state index in [0.29, 0.717) is 26.1 Å². The molecule has 3 aliphatic heterocycles. The first kappa shape index (κ1) is 25.8. The number of fused-ring (bicyclic) bond motifs is 1. The molecule has 2 aromatic rings. The second-order valence-electron chi connectivity index (χ2n) is 10.9. The van der Waals surface area contributed by atoms with Gasteiger partial charge in [-0.15, -0.1) is 0 Å². The van der Waals surface area contributed by atoms with Crippen molar-refractivity contribution >= 4 is 28.0 Å². The zero-order chi connectivity index (χ0) is 27.3. The summed E-state index contributed by atoms with van der Waals surface area (Å²) >= 11 is 0. The van der Waals surface area contributed by atoms with Gasteiger partial charge in [0.05, 0.1) is 12.8 Å². The summed E-state index contributed by atoms with van der Waals surface area (Å²) in [6, 6.07) is 17.9. The minimum atomic E-state index is -3.36. The minimum absolute atomic E-state index is 0.132. The molecule has 0 spiro atoms. The van der Waals surface area contributed by atoms with Crippen molar-refractivity contribution in [2.75, 3.05) is 39.0 Å². The van der Waals surface area contributed by atoms with Gasteiger partial charge >= 0.3 is 12.1 Å². The number of carbonyl (C=O) groups is 3. The molecule has 2 unspecified atom stereocenters. The summed E-state index contributed by atoms with van der Waals surface area (Å²) in [6.07, 6.45) is 2.45. The van der Waals surface area contributed by atoms with Gasteiger partial charge in [-0.3, -0.25) is 9.69 Å². The van der Waals surface area contributed by atoms with Gasteiger partial charge in [-0.2, -0.15) is 0 Å². The van der Waals surface area contributed by atoms with E-state index in [1.165, 1.54) is 15.5 Å². The molecule has 1 saturated carbocycles. The van der Waals surface area contributed by atoms with Gasteiger partial charge in [0.1, 0.15) is 6.04 Å². The van der Waals surface area contributed by atoms with Crippen molar-refractivity contribution in [3.8, 4) is 0 Å². The minimum Gasteiger partial charge on any atom is -0.335 e. The lowest BCUT2D eigenvalue weighted by Gasteiger charge is -2.40. The third-order valence-electron chi connectivity index (χ3n) is 8.54. The first-order chi connectivity index (χ1) is 18.7. The predicted molar refractivity (Wildman–Crippen MR) is 144 cm³/mol. The van der Waals surface area contributed by atoms with E-state index in [1.807, 2.05) is 60.7 Å². The van der Waals surface area contributed by atoms with Crippen LogP contribution in [0.5, 0.6) is 0 Å². The smallest absolute Gasteiger partial charge is 0.327 e. The standard InChI is InChI=1S/C28H33N5O5S/c1-39(37,38)31-13-12-23(22(17-31)20-10-6-3-7-11-20)29-27(35)30-14-15-32-25(18-30)26(34)33(28(32)36)24-16-21(24)19-8-4-2-5-9-19/h2-11,21-25H,12-18H2,1H3,(H,29,35)/t21-,22?,23?,24+,25+/m1/s1. The van der Waals surface area contributed by atoms with Crippen LogP contribution >= 0.6 is 0 Å². The Balaban J connectivity index is 1.13. The number of benzene rings is 2. The van der Waals surface area contributed by atoms with Crippen LogP contribution in [0.15, 0.2) is 60.7 Å². The first-order valence-corrected chi connectivity index (χ1v) is 15.3. The third kappa shape index (κ3) is 4.89. The van der Waals surface area contributed by atoms with Crippen molar-refractivity contribution in [2.45, 2.75) is 42.8 Å². The molecule has 206 valence electrons. The second-order valence-corrected chi connectivity index (χ2v) is 12.9. The maximum Gasteiger partial charge on any atom is 0.327 e. The molecule has 3 heterocycles. The number of imide groups is 1. The fourth-order valence-corrected chi connectivity index (χ4v) is 7.18. The Hall–Kier alpha value is -3.44. The van der Waals surface area contributed by atoms with Gasteiger partial charge in [-0.1, -0.05) is 60.7 Å². The molecule has 11 heteroatoms. The molecule has 0 bridgehead atoms. The Morgan fingerprint density at radius 3 is 2.15 bits per heavy atom. The highest BCUT2D eigenvalue weighted by Crippen LogP contribution is 2.46. The Labute approximate surface area is 228 Å². The van der Waals surface area contributed by atoms with Crippen LogP contribution in [0, 0.1) is 0 Å². The van der Waals surface area contributed by atoms with E-state index in [4.69, 9.17) is 0 Å². The van der Waals surface area contributed by atoms with Crippen molar-refractivity contribution in [1.29, 1.82) is 0 Å². The van der Waals surface area contributed by atoms with E-state index in [-0.39, 0.29) is 55.0 Å². The number of nitrogens with one attached hydrogen (secondary N) is 1. The zero-order valence-electron chi connectivity index (χ0n) is 21.8. The number of urea groups is 2. The summed E-state index contributed by atoms with van der Waals surface area (Å²) in [6.45, 7) is 1.40. The lowest BCUT2D eigenvalue weighted by Crippen LogP contribution is -2.59. The molecule has 3 saturated heterocycles. The SMILES string of the molecule is CS(=O)(=O)N1CCC(NC(=O)N2CCN3C(=O)N([C@H]4C[C@@H]4c4ccccc4)C(=O)[C@@H]3C2)C(c2ccccc2)C1. The number of amides is 5. The van der Waals surface area contributed by atoms with E-state index in [2.05, 4.69) is 5.32 Å². The highest BCUT2D eigenvalue weighted by atomic mass is 32.2. The maximum absolute atomic E-state index is 13.4. The van der Waals surface area contributed by atoms with E-state index in [1.54, 1.807) is 9.80 Å². The first-order valence-electron chi connectivity index (χ1n) is 13.5. The molecule has 0 radical (unpaired) electrons. The lowest BCUT2D eigenvalue weighted by atomic mass is 9.87. The monoisotopic (exact) mass is 551 g/mol. The van der Waals surface area contributed by atoms with Crippen LogP contribution in [-0.2, 0) is 14.8 Å². The van der Waals surface area contributed by atoms with E-state index < -0.39 is 16.1 Å². The fourth-order valence-electron chi connectivity index (χ4n) is 6.32. The Bertz CT molecular complexity index is 1370. The number of rotatable bonds is 5. The largest absolute Gasteiger partial charge is 0.335 e. The number of nitrogens with zero attached hydrogens (tertiary/aromatic N) is 4. The van der Waals surface area contributed by atoms with E-state index in [0.717, 1.165) is 17.5 Å². The predicted octanol–water partition coefficient (Wildman–Crippen LogP) is 2.02. The molecule has 1 aliphatic carbocycles. The molecule has 2 aromatic carbocycles. The summed E-state index contributed by atoms with van der Waals surface area (Å²) in [5.41, 5.74) is 2.09. The van der Waals surface area contributed by atoms with Crippen LogP contribution in [0.3, 0.4) is 0 Å². The summed E-state index contributed by atoms with van der Waals surface area (Å²) in [4.78, 5) is 44.6. The number of hydrogen-bond acceptors (Lipinski definition) is 5. The Morgan fingerprint density at radius 2 is 1.51 bits per heavy atom. The molecule has 4 fully saturated rings. The normalized spacial score (nSPS) is 29.4. The van der Waals surface area contributed by atoms with Gasteiger partial charge in [0.15, 0.2) is 0 Å². The van der Waals surface area contributed by atoms with Crippen molar-refractivity contribution in [3.63, 3.8) is 0 Å². The Kier molecular flexibility index (Phi) is 6.58. The van der Waals surface area contributed by atoms with Crippen LogP contribution in [0.2, 0.25) is 0 Å². The lowest BCUT2D eigenvalue weighted by molar-refractivity contribution is -0.129. The molecule has 0 aromatic heterocycles. The highest BCUT2D eigenvalue weighted by molar-refractivity contribution is 7.88. The van der Waals surface area contributed by atoms with Crippen molar-refractivity contribution < 1.29 is 22.8 Å². The number of hydrogen-bond donors (Lipinski definition) is 1. The van der Waals surface area contributed by atoms with Crippen LogP contribution in [0.25, 0.3) is 0 Å². The van der Waals surface area contributed by atoms with Gasteiger partial charge in [0.2, 0.25) is 10.0 Å². The molecule has 39 heavy (non-hydrogen) atoms. The third-order valence-corrected chi connectivity index (χ3v) is 9.81. The van der Waals surface area contributed by atoms with Gasteiger partial charge in [-0.25, -0.2) is 22.3 Å². The van der Waals surface area contributed by atoms with Crippen LogP contribution in [-0.4, -0.2) is 102 Å². The van der Waals surface area contributed by atoms with Crippen molar-refractivity contribution in [1.82, 2.24) is 24.3 Å². The average molecular weight is 552 g/mol. The molecular weight excluding hydrogens is 518 g/mol. The number of piperidine rings is 1. The number of sulfonamides is 1. The average Bonchev–Trinajstić information content (AvgIpc) is 3.69. The summed E-state index contributed by atoms with van der Waals surface area (Å²) in [5, 5.41) is 3.13. The maximum atomic E-state index is 13.4. The molecule has 5 amide bonds. The molecule has 10 nitrogen and oxygen atoms in total. The summed E-state index contributed by atoms with van der Waals surface area (Å²) in [5.74, 6) is -0.271. The van der Waals surface area contributed by atoms with Gasteiger partial charge in [0, 0.05) is 50.1 Å². The topological polar surface area (TPSA) is 110 Å². The van der Waals surface area contributed by atoms with Gasteiger partial charge < -0.3 is 15.1 Å². The summed E-state index contributed by atoms with van der Waals surface area (Å²) in [7, 11) is -3.36. The molecule has 1 N–H and O–H groups in total. The molecule has 5 atom stereocenters. The van der Waals surface area contributed by atoms with Crippen LogP contribution < -0.4 is 5.32 Å². The van der Waals surface area contributed by atoms with Crippen molar-refractivity contribution in [2.24, 2.45) is 0 Å².